The first kappa shape index (κ1) is 19.0. The maximum absolute atomic E-state index is 13.4. The minimum Gasteiger partial charge on any atom is -0.420 e. The summed E-state index contributed by atoms with van der Waals surface area (Å²) < 4.78 is 45.8. The van der Waals surface area contributed by atoms with Crippen LogP contribution in [0.3, 0.4) is 0 Å². The Morgan fingerprint density at radius 3 is 2.34 bits per heavy atom. The first-order valence-corrected chi connectivity index (χ1v) is 8.98. The number of hydrogen-bond acceptors (Lipinski definition) is 5. The molecule has 0 saturated heterocycles. The van der Waals surface area contributed by atoms with E-state index in [1.807, 2.05) is 13.8 Å². The number of benzene rings is 1. The van der Waals surface area contributed by atoms with Gasteiger partial charge in [-0.15, -0.1) is 10.2 Å². The number of anilines is 1. The summed E-state index contributed by atoms with van der Waals surface area (Å²) in [4.78, 5) is 6.88. The molecule has 0 fully saturated rings. The van der Waals surface area contributed by atoms with Gasteiger partial charge in [0.25, 0.3) is 0 Å². The molecule has 0 saturated carbocycles. The molecule has 3 aromatic heterocycles. The Balaban J connectivity index is 1.78. The van der Waals surface area contributed by atoms with Gasteiger partial charge in [-0.3, -0.25) is 0 Å². The van der Waals surface area contributed by atoms with Crippen LogP contribution in [0.15, 0.2) is 41.1 Å². The topological polar surface area (TPSA) is 79.6 Å². The van der Waals surface area contributed by atoms with Crippen molar-refractivity contribution in [3.63, 3.8) is 0 Å². The number of hydrogen-bond donors (Lipinski definition) is 2. The van der Waals surface area contributed by atoms with Gasteiger partial charge >= 0.3 is 6.18 Å². The summed E-state index contributed by atoms with van der Waals surface area (Å²) in [5.41, 5.74) is 1.64. The fourth-order valence-corrected chi connectivity index (χ4v) is 3.17. The Labute approximate surface area is 164 Å². The van der Waals surface area contributed by atoms with Crippen LogP contribution in [-0.4, -0.2) is 27.2 Å². The molecule has 0 unspecified atom stereocenters. The molecule has 3 heterocycles. The second-order valence-electron chi connectivity index (χ2n) is 6.90. The molecule has 29 heavy (non-hydrogen) atoms. The Hall–Kier alpha value is -3.36. The fourth-order valence-electron chi connectivity index (χ4n) is 3.17. The van der Waals surface area contributed by atoms with E-state index in [-0.39, 0.29) is 11.6 Å². The molecule has 150 valence electrons. The van der Waals surface area contributed by atoms with Gasteiger partial charge in [-0.2, -0.15) is 13.2 Å². The first-order chi connectivity index (χ1) is 13.8. The predicted octanol–water partition coefficient (Wildman–Crippen LogP) is 5.46. The zero-order valence-electron chi connectivity index (χ0n) is 15.9. The van der Waals surface area contributed by atoms with Gasteiger partial charge in [-0.05, 0) is 17.7 Å². The van der Waals surface area contributed by atoms with E-state index >= 15 is 0 Å². The van der Waals surface area contributed by atoms with Crippen molar-refractivity contribution in [2.24, 2.45) is 0 Å². The normalized spacial score (nSPS) is 12.1. The molecule has 4 rings (SSSR count). The van der Waals surface area contributed by atoms with Crippen molar-refractivity contribution < 1.29 is 17.6 Å². The number of aromatic amines is 1. The summed E-state index contributed by atoms with van der Waals surface area (Å²) in [6.45, 7) is 3.92. The van der Waals surface area contributed by atoms with Crippen LogP contribution >= 0.6 is 0 Å². The van der Waals surface area contributed by atoms with Crippen molar-refractivity contribution in [2.45, 2.75) is 25.9 Å². The second kappa shape index (κ2) is 6.91. The molecule has 0 radical (unpaired) electrons. The molecule has 0 bridgehead atoms. The molecule has 9 heteroatoms. The van der Waals surface area contributed by atoms with E-state index < -0.39 is 11.7 Å². The lowest BCUT2D eigenvalue weighted by molar-refractivity contribution is -0.137. The smallest absolute Gasteiger partial charge is 0.419 e. The number of H-pyrrole nitrogens is 1. The summed E-state index contributed by atoms with van der Waals surface area (Å²) in [5.74, 6) is 1.07. The molecule has 6 nitrogen and oxygen atoms in total. The van der Waals surface area contributed by atoms with E-state index in [9.17, 15) is 13.2 Å². The highest BCUT2D eigenvalue weighted by Gasteiger charge is 2.35. The second-order valence-corrected chi connectivity index (χ2v) is 6.90. The van der Waals surface area contributed by atoms with E-state index in [0.29, 0.717) is 28.4 Å². The standard InChI is InChI=1S/C20H18F3N5O/c1-10(2)18-27-28-19(29-18)12-6-4-11(5-7-12)13-8-25-17-15(13)16(24-3)14(9-26-17)20(21,22)23/h4-10H,1-3H3,(H2,24,25,26). The average Bonchev–Trinajstić information content (AvgIpc) is 3.34. The molecule has 0 aliphatic carbocycles. The number of pyridine rings is 1. The van der Waals surface area contributed by atoms with Crippen molar-refractivity contribution in [3.05, 3.63) is 48.1 Å². The van der Waals surface area contributed by atoms with Crippen LogP contribution in [0.4, 0.5) is 18.9 Å². The summed E-state index contributed by atoms with van der Waals surface area (Å²) in [7, 11) is 1.46. The lowest BCUT2D eigenvalue weighted by Gasteiger charge is -2.14. The van der Waals surface area contributed by atoms with Crippen LogP contribution in [0.2, 0.25) is 0 Å². The molecule has 0 amide bonds. The number of fused-ring (bicyclic) bond motifs is 1. The van der Waals surface area contributed by atoms with Crippen molar-refractivity contribution in [1.82, 2.24) is 20.2 Å². The minimum atomic E-state index is -4.51. The predicted molar refractivity (Wildman–Crippen MR) is 103 cm³/mol. The number of aromatic nitrogens is 4. The summed E-state index contributed by atoms with van der Waals surface area (Å²) in [6, 6.07) is 7.20. The largest absolute Gasteiger partial charge is 0.420 e. The van der Waals surface area contributed by atoms with E-state index in [1.165, 1.54) is 7.05 Å². The highest BCUT2D eigenvalue weighted by molar-refractivity contribution is 6.03. The number of rotatable bonds is 4. The van der Waals surface area contributed by atoms with Gasteiger partial charge in [0.1, 0.15) is 5.65 Å². The van der Waals surface area contributed by atoms with Gasteiger partial charge in [0.2, 0.25) is 11.8 Å². The number of halogens is 3. The van der Waals surface area contributed by atoms with Crippen LogP contribution in [0.1, 0.15) is 31.2 Å². The van der Waals surface area contributed by atoms with E-state index in [2.05, 4.69) is 25.5 Å². The molecule has 0 aliphatic rings. The zero-order chi connectivity index (χ0) is 20.8. The quantitative estimate of drug-likeness (QED) is 0.474. The van der Waals surface area contributed by atoms with Gasteiger partial charge < -0.3 is 14.7 Å². The lowest BCUT2D eigenvalue weighted by atomic mass is 10.0. The third-order valence-electron chi connectivity index (χ3n) is 4.63. The molecule has 1 aromatic carbocycles. The highest BCUT2D eigenvalue weighted by Crippen LogP contribution is 2.41. The average molecular weight is 401 g/mol. The Morgan fingerprint density at radius 1 is 1.07 bits per heavy atom. The van der Waals surface area contributed by atoms with Crippen molar-refractivity contribution >= 4 is 16.7 Å². The molecular formula is C20H18F3N5O. The van der Waals surface area contributed by atoms with Gasteiger partial charge in [-0.1, -0.05) is 26.0 Å². The Morgan fingerprint density at radius 2 is 1.76 bits per heavy atom. The Bertz CT molecular complexity index is 1160. The maximum atomic E-state index is 13.4. The lowest BCUT2D eigenvalue weighted by Crippen LogP contribution is -2.10. The van der Waals surface area contributed by atoms with Crippen LogP contribution in [-0.2, 0) is 6.18 Å². The molecule has 0 spiro atoms. The molecule has 0 atom stereocenters. The third-order valence-corrected chi connectivity index (χ3v) is 4.63. The maximum Gasteiger partial charge on any atom is 0.419 e. The third kappa shape index (κ3) is 3.32. The van der Waals surface area contributed by atoms with E-state index in [1.54, 1.807) is 30.5 Å². The minimum absolute atomic E-state index is 0.0127. The van der Waals surface area contributed by atoms with Crippen LogP contribution in [0.25, 0.3) is 33.6 Å². The first-order valence-electron chi connectivity index (χ1n) is 8.98. The van der Waals surface area contributed by atoms with Gasteiger partial charge in [-0.25, -0.2) is 4.98 Å². The summed E-state index contributed by atoms with van der Waals surface area (Å²) in [5, 5.41) is 11.1. The molecule has 4 aromatic rings. The highest BCUT2D eigenvalue weighted by atomic mass is 19.4. The molecule has 2 N–H and O–H groups in total. The van der Waals surface area contributed by atoms with Crippen LogP contribution in [0, 0.1) is 0 Å². The van der Waals surface area contributed by atoms with Crippen molar-refractivity contribution in [1.29, 1.82) is 0 Å². The summed E-state index contributed by atoms with van der Waals surface area (Å²) >= 11 is 0. The fraction of sp³-hybridized carbons (Fsp3) is 0.250. The number of nitrogens with one attached hydrogen (secondary N) is 2. The molecular weight excluding hydrogens is 383 g/mol. The van der Waals surface area contributed by atoms with E-state index in [4.69, 9.17) is 4.42 Å². The van der Waals surface area contributed by atoms with Crippen LogP contribution < -0.4 is 5.32 Å². The van der Waals surface area contributed by atoms with Crippen molar-refractivity contribution in [3.8, 4) is 22.6 Å². The van der Waals surface area contributed by atoms with Gasteiger partial charge in [0, 0.05) is 36.5 Å². The zero-order valence-corrected chi connectivity index (χ0v) is 15.9. The summed E-state index contributed by atoms with van der Waals surface area (Å²) in [6.07, 6.45) is -2.03. The van der Waals surface area contributed by atoms with Gasteiger partial charge in [0.05, 0.1) is 16.6 Å². The number of nitrogens with zero attached hydrogens (tertiary/aromatic N) is 3. The molecule has 0 aliphatic heterocycles. The number of alkyl halides is 3. The monoisotopic (exact) mass is 401 g/mol. The SMILES string of the molecule is CNc1c(C(F)(F)F)cnc2[nH]cc(-c3ccc(-c4nnc(C(C)C)o4)cc3)c12. The van der Waals surface area contributed by atoms with Gasteiger partial charge in [0.15, 0.2) is 0 Å². The van der Waals surface area contributed by atoms with E-state index in [0.717, 1.165) is 17.3 Å². The van der Waals surface area contributed by atoms with Crippen LogP contribution in [0.5, 0.6) is 0 Å². The van der Waals surface area contributed by atoms with Crippen molar-refractivity contribution in [2.75, 3.05) is 12.4 Å². The Kier molecular flexibility index (Phi) is 4.52.